The Morgan fingerprint density at radius 3 is 2.45 bits per heavy atom. The van der Waals surface area contributed by atoms with Gasteiger partial charge in [-0.25, -0.2) is 0 Å². The van der Waals surface area contributed by atoms with Crippen LogP contribution in [0.25, 0.3) is 0 Å². The molecule has 6 nitrogen and oxygen atoms in total. The van der Waals surface area contributed by atoms with Crippen molar-refractivity contribution >= 4 is 46.3 Å². The summed E-state index contributed by atoms with van der Waals surface area (Å²) in [5, 5.41) is 12.0. The molecule has 0 saturated heterocycles. The summed E-state index contributed by atoms with van der Waals surface area (Å²) in [6.45, 7) is 0. The Bertz CT molecular complexity index is 1060. The highest BCUT2D eigenvalue weighted by atomic mass is 35.5. The van der Waals surface area contributed by atoms with Crippen LogP contribution < -0.4 is 4.90 Å². The molecule has 0 bridgehead atoms. The normalized spacial score (nSPS) is 19.4. The highest BCUT2D eigenvalue weighted by Crippen LogP contribution is 2.44. The van der Waals surface area contributed by atoms with Crippen molar-refractivity contribution in [2.75, 3.05) is 4.90 Å². The molecule has 2 aromatic rings. The number of hydrogen-bond donors (Lipinski definition) is 0. The van der Waals surface area contributed by atoms with Gasteiger partial charge in [0.2, 0.25) is 5.91 Å². The van der Waals surface area contributed by atoms with Crippen LogP contribution >= 0.6 is 23.2 Å². The molecule has 1 amide bonds. The maximum absolute atomic E-state index is 13.1. The van der Waals surface area contributed by atoms with E-state index in [1.807, 2.05) is 0 Å². The molecule has 1 unspecified atom stereocenters. The molecule has 2 aliphatic rings. The number of carbonyl (C=O) groups excluding carboxylic acids is 2. The number of allylic oxidation sites excluding steroid dienone is 2. The number of anilines is 1. The Morgan fingerprint density at radius 1 is 1.03 bits per heavy atom. The number of Topliss-reactive ketones (excluding diaryl/α,β-unsaturated/α-hetero) is 1. The molecule has 1 aliphatic heterocycles. The molecule has 1 aliphatic carbocycles. The smallest absolute Gasteiger partial charge is 0.269 e. The lowest BCUT2D eigenvalue weighted by atomic mass is 9.77. The van der Waals surface area contributed by atoms with E-state index in [0.717, 1.165) is 0 Å². The first-order chi connectivity index (χ1) is 13.8. The maximum Gasteiger partial charge on any atom is 0.269 e. The summed E-state index contributed by atoms with van der Waals surface area (Å²) in [5.74, 6) is -0.738. The van der Waals surface area contributed by atoms with E-state index in [4.69, 9.17) is 23.2 Å². The van der Waals surface area contributed by atoms with Crippen molar-refractivity contribution in [2.24, 2.45) is 0 Å². The lowest BCUT2D eigenvalue weighted by Crippen LogP contribution is -2.40. The Morgan fingerprint density at radius 2 is 1.76 bits per heavy atom. The summed E-state index contributed by atoms with van der Waals surface area (Å²) < 4.78 is 0. The van der Waals surface area contributed by atoms with Crippen LogP contribution in [0.1, 0.15) is 37.2 Å². The van der Waals surface area contributed by atoms with E-state index in [1.165, 1.54) is 17.0 Å². The summed E-state index contributed by atoms with van der Waals surface area (Å²) in [4.78, 5) is 38.2. The summed E-state index contributed by atoms with van der Waals surface area (Å²) >= 11 is 12.2. The van der Waals surface area contributed by atoms with Crippen LogP contribution in [0, 0.1) is 10.1 Å². The van der Waals surface area contributed by atoms with Crippen LogP contribution in [-0.2, 0) is 9.59 Å². The summed E-state index contributed by atoms with van der Waals surface area (Å²) in [7, 11) is 0. The highest BCUT2D eigenvalue weighted by Gasteiger charge is 2.40. The summed E-state index contributed by atoms with van der Waals surface area (Å²) in [5.41, 5.74) is 2.23. The van der Waals surface area contributed by atoms with Crippen molar-refractivity contribution in [3.63, 3.8) is 0 Å². The quantitative estimate of drug-likeness (QED) is 0.480. The van der Waals surface area contributed by atoms with E-state index < -0.39 is 10.8 Å². The number of benzene rings is 2. The van der Waals surface area contributed by atoms with Crippen molar-refractivity contribution in [2.45, 2.75) is 31.6 Å². The van der Waals surface area contributed by atoms with Crippen LogP contribution in [0.3, 0.4) is 0 Å². The molecule has 0 spiro atoms. The number of ketones is 1. The highest BCUT2D eigenvalue weighted by molar-refractivity contribution is 6.35. The van der Waals surface area contributed by atoms with E-state index in [9.17, 15) is 19.7 Å². The molecule has 8 heteroatoms. The summed E-state index contributed by atoms with van der Waals surface area (Å²) in [6.07, 6.45) is 1.62. The Balaban J connectivity index is 1.87. The predicted octanol–water partition coefficient (Wildman–Crippen LogP) is 5.43. The SMILES string of the molecule is O=C1CCCC2=C1C(c1cccc([N+](=O)[O-])c1)CC(=O)N2c1cc(Cl)cc(Cl)c1. The van der Waals surface area contributed by atoms with Gasteiger partial charge >= 0.3 is 0 Å². The van der Waals surface area contributed by atoms with Gasteiger partial charge in [-0.15, -0.1) is 0 Å². The van der Waals surface area contributed by atoms with Crippen LogP contribution in [0.15, 0.2) is 53.7 Å². The van der Waals surface area contributed by atoms with Gasteiger partial charge in [-0.1, -0.05) is 35.3 Å². The fraction of sp³-hybridized carbons (Fsp3) is 0.238. The zero-order valence-electron chi connectivity index (χ0n) is 15.2. The first-order valence-corrected chi connectivity index (χ1v) is 9.90. The third kappa shape index (κ3) is 3.66. The minimum Gasteiger partial charge on any atom is -0.294 e. The molecular formula is C21H16Cl2N2O4. The van der Waals surface area contributed by atoms with E-state index >= 15 is 0 Å². The lowest BCUT2D eigenvalue weighted by molar-refractivity contribution is -0.384. The average Bonchev–Trinajstić information content (AvgIpc) is 2.66. The number of non-ortho nitro benzene ring substituents is 1. The van der Waals surface area contributed by atoms with Crippen LogP contribution in [0.4, 0.5) is 11.4 Å². The number of halogens is 2. The van der Waals surface area contributed by atoms with Crippen molar-refractivity contribution in [1.82, 2.24) is 0 Å². The van der Waals surface area contributed by atoms with Gasteiger partial charge in [-0.3, -0.25) is 24.6 Å². The average molecular weight is 431 g/mol. The predicted molar refractivity (Wildman–Crippen MR) is 110 cm³/mol. The molecule has 0 N–H and O–H groups in total. The third-order valence-corrected chi connectivity index (χ3v) is 5.70. The number of rotatable bonds is 3. The number of hydrogen-bond acceptors (Lipinski definition) is 4. The molecular weight excluding hydrogens is 415 g/mol. The van der Waals surface area contributed by atoms with E-state index in [1.54, 1.807) is 30.3 Å². The Labute approximate surface area is 176 Å². The van der Waals surface area contributed by atoms with Crippen LogP contribution in [0.2, 0.25) is 10.0 Å². The molecule has 1 atom stereocenters. The van der Waals surface area contributed by atoms with Gasteiger partial charge in [0, 0.05) is 52.2 Å². The fourth-order valence-electron chi connectivity index (χ4n) is 4.10. The number of nitro groups is 1. The lowest BCUT2D eigenvalue weighted by Gasteiger charge is -2.38. The van der Waals surface area contributed by atoms with Crippen LogP contribution in [-0.4, -0.2) is 16.6 Å². The topological polar surface area (TPSA) is 80.5 Å². The largest absolute Gasteiger partial charge is 0.294 e. The zero-order chi connectivity index (χ0) is 20.7. The van der Waals surface area contributed by atoms with Crippen molar-refractivity contribution in [3.05, 3.63) is 79.5 Å². The minimum absolute atomic E-state index is 0.0339. The minimum atomic E-state index is -0.504. The van der Waals surface area contributed by atoms with Crippen molar-refractivity contribution in [3.8, 4) is 0 Å². The Hall–Kier alpha value is -2.70. The first-order valence-electron chi connectivity index (χ1n) is 9.15. The van der Waals surface area contributed by atoms with Gasteiger partial charge < -0.3 is 0 Å². The molecule has 2 aromatic carbocycles. The molecule has 148 valence electrons. The molecule has 0 saturated carbocycles. The third-order valence-electron chi connectivity index (χ3n) is 5.26. The second-order valence-corrected chi connectivity index (χ2v) is 7.98. The van der Waals surface area contributed by atoms with E-state index in [-0.39, 0.29) is 23.8 Å². The zero-order valence-corrected chi connectivity index (χ0v) is 16.7. The summed E-state index contributed by atoms with van der Waals surface area (Å²) in [6, 6.07) is 11.0. The maximum atomic E-state index is 13.1. The van der Waals surface area contributed by atoms with Crippen molar-refractivity contribution < 1.29 is 14.5 Å². The van der Waals surface area contributed by atoms with Gasteiger partial charge in [0.15, 0.2) is 5.78 Å². The van der Waals surface area contributed by atoms with Crippen LogP contribution in [0.5, 0.6) is 0 Å². The number of amides is 1. The molecule has 0 radical (unpaired) electrons. The monoisotopic (exact) mass is 430 g/mol. The molecule has 29 heavy (non-hydrogen) atoms. The molecule has 4 rings (SSSR count). The Kier molecular flexibility index (Phi) is 5.15. The van der Waals surface area contributed by atoms with Gasteiger partial charge in [0.1, 0.15) is 0 Å². The van der Waals surface area contributed by atoms with Crippen molar-refractivity contribution in [1.29, 1.82) is 0 Å². The van der Waals surface area contributed by atoms with E-state index in [2.05, 4.69) is 0 Å². The standard InChI is InChI=1S/C21H16Cl2N2O4/c22-13-8-14(23)10-16(9-13)24-18-5-2-6-19(26)21(18)17(11-20(24)27)12-3-1-4-15(7-12)25(28)29/h1,3-4,7-10,17H,2,5-6,11H2. The molecule has 0 aromatic heterocycles. The second-order valence-electron chi connectivity index (χ2n) is 7.10. The van der Waals surface area contributed by atoms with Gasteiger partial charge in [0.05, 0.1) is 10.6 Å². The molecule has 1 heterocycles. The number of nitro benzene ring substituents is 1. The van der Waals surface area contributed by atoms with Gasteiger partial charge in [-0.05, 0) is 36.6 Å². The molecule has 0 fully saturated rings. The number of nitrogens with zero attached hydrogens (tertiary/aromatic N) is 2. The number of carbonyl (C=O) groups is 2. The first kappa shape index (κ1) is 19.6. The van der Waals surface area contributed by atoms with Gasteiger partial charge in [-0.2, -0.15) is 0 Å². The second kappa shape index (κ2) is 7.61. The van der Waals surface area contributed by atoms with Gasteiger partial charge in [0.25, 0.3) is 5.69 Å². The fourth-order valence-corrected chi connectivity index (χ4v) is 4.62. The van der Waals surface area contributed by atoms with E-state index in [0.29, 0.717) is 51.8 Å².